The Balaban J connectivity index is 2.02. The van der Waals surface area contributed by atoms with Crippen molar-refractivity contribution in [3.05, 3.63) is 48.3 Å². The third kappa shape index (κ3) is 4.16. The SMILES string of the molecule is CCN(Cc1ccn(-c2ccccc2)n1)CC(C)C(=O)O. The number of rotatable bonds is 7. The monoisotopic (exact) mass is 287 g/mol. The summed E-state index contributed by atoms with van der Waals surface area (Å²) in [5.74, 6) is -1.13. The number of benzene rings is 1. The van der Waals surface area contributed by atoms with Crippen LogP contribution in [0.3, 0.4) is 0 Å². The second kappa shape index (κ2) is 7.04. The molecular weight excluding hydrogens is 266 g/mol. The smallest absolute Gasteiger partial charge is 0.307 e. The van der Waals surface area contributed by atoms with Gasteiger partial charge in [-0.3, -0.25) is 9.69 Å². The molecule has 2 aromatic rings. The van der Waals surface area contributed by atoms with Gasteiger partial charge in [-0.05, 0) is 24.7 Å². The molecule has 112 valence electrons. The standard InChI is InChI=1S/C16H21N3O2/c1-3-18(11-13(2)16(20)21)12-14-9-10-19(17-14)15-7-5-4-6-8-15/h4-10,13H,3,11-12H2,1-2H3,(H,20,21). The number of para-hydroxylation sites is 1. The van der Waals surface area contributed by atoms with Gasteiger partial charge in [-0.2, -0.15) is 5.10 Å². The van der Waals surface area contributed by atoms with Crippen molar-refractivity contribution in [2.24, 2.45) is 5.92 Å². The van der Waals surface area contributed by atoms with Crippen molar-refractivity contribution < 1.29 is 9.90 Å². The van der Waals surface area contributed by atoms with Crippen LogP contribution in [0.5, 0.6) is 0 Å². The Morgan fingerprint density at radius 2 is 2.05 bits per heavy atom. The lowest BCUT2D eigenvalue weighted by Gasteiger charge is -2.21. The lowest BCUT2D eigenvalue weighted by atomic mass is 10.1. The van der Waals surface area contributed by atoms with Crippen molar-refractivity contribution >= 4 is 5.97 Å². The maximum Gasteiger partial charge on any atom is 0.307 e. The van der Waals surface area contributed by atoms with Crippen LogP contribution >= 0.6 is 0 Å². The van der Waals surface area contributed by atoms with Crippen molar-refractivity contribution in [2.75, 3.05) is 13.1 Å². The first-order valence-electron chi connectivity index (χ1n) is 7.15. The molecule has 1 heterocycles. The highest BCUT2D eigenvalue weighted by Gasteiger charge is 2.16. The normalized spacial score (nSPS) is 12.5. The van der Waals surface area contributed by atoms with Gasteiger partial charge in [0.2, 0.25) is 0 Å². The summed E-state index contributed by atoms with van der Waals surface area (Å²) in [6.07, 6.45) is 1.93. The largest absolute Gasteiger partial charge is 0.481 e. The second-order valence-electron chi connectivity index (χ2n) is 5.15. The van der Waals surface area contributed by atoms with Crippen molar-refractivity contribution in [1.29, 1.82) is 0 Å². The number of aliphatic carboxylic acids is 1. The molecule has 1 atom stereocenters. The minimum absolute atomic E-state index is 0.374. The lowest BCUT2D eigenvalue weighted by molar-refractivity contribution is -0.141. The van der Waals surface area contributed by atoms with Gasteiger partial charge >= 0.3 is 5.97 Å². The summed E-state index contributed by atoms with van der Waals surface area (Å²) in [5.41, 5.74) is 1.96. The van der Waals surface area contributed by atoms with E-state index in [2.05, 4.69) is 10.00 Å². The molecule has 0 amide bonds. The van der Waals surface area contributed by atoms with E-state index >= 15 is 0 Å². The first-order chi connectivity index (χ1) is 10.1. The van der Waals surface area contributed by atoms with Crippen LogP contribution in [0, 0.1) is 5.92 Å². The molecule has 5 nitrogen and oxygen atoms in total. The van der Waals surface area contributed by atoms with E-state index in [1.54, 1.807) is 6.92 Å². The van der Waals surface area contributed by atoms with Crippen molar-refractivity contribution in [1.82, 2.24) is 14.7 Å². The topological polar surface area (TPSA) is 58.4 Å². The summed E-state index contributed by atoms with van der Waals surface area (Å²) in [7, 11) is 0. The van der Waals surface area contributed by atoms with Gasteiger partial charge in [-0.25, -0.2) is 4.68 Å². The van der Waals surface area contributed by atoms with Crippen LogP contribution in [-0.2, 0) is 11.3 Å². The van der Waals surface area contributed by atoms with Gasteiger partial charge < -0.3 is 5.11 Å². The van der Waals surface area contributed by atoms with Crippen LogP contribution in [0.15, 0.2) is 42.6 Å². The summed E-state index contributed by atoms with van der Waals surface area (Å²) in [6, 6.07) is 11.9. The number of carboxylic acid groups (broad SMARTS) is 1. The van der Waals surface area contributed by atoms with E-state index in [9.17, 15) is 4.79 Å². The van der Waals surface area contributed by atoms with Crippen LogP contribution in [0.25, 0.3) is 5.69 Å². The number of aromatic nitrogens is 2. The summed E-state index contributed by atoms with van der Waals surface area (Å²) in [6.45, 7) is 5.75. The first kappa shape index (κ1) is 15.3. The van der Waals surface area contributed by atoms with Gasteiger partial charge in [0.1, 0.15) is 0 Å². The van der Waals surface area contributed by atoms with Crippen LogP contribution in [0.1, 0.15) is 19.5 Å². The van der Waals surface area contributed by atoms with Gasteiger partial charge in [-0.1, -0.05) is 32.0 Å². The predicted molar refractivity (Wildman–Crippen MR) is 81.3 cm³/mol. The molecule has 1 aromatic carbocycles. The number of hydrogen-bond donors (Lipinski definition) is 1. The Morgan fingerprint density at radius 1 is 1.33 bits per heavy atom. The quantitative estimate of drug-likeness (QED) is 0.849. The zero-order valence-corrected chi connectivity index (χ0v) is 12.4. The Morgan fingerprint density at radius 3 is 2.67 bits per heavy atom. The molecule has 0 saturated heterocycles. The number of hydrogen-bond acceptors (Lipinski definition) is 3. The van der Waals surface area contributed by atoms with Crippen molar-refractivity contribution in [3.8, 4) is 5.69 Å². The third-order valence-electron chi connectivity index (χ3n) is 3.45. The molecule has 1 N–H and O–H groups in total. The summed E-state index contributed by atoms with van der Waals surface area (Å²) in [5, 5.41) is 13.5. The van der Waals surface area contributed by atoms with Gasteiger partial charge in [0.05, 0.1) is 17.3 Å². The fourth-order valence-corrected chi connectivity index (χ4v) is 2.17. The maximum atomic E-state index is 10.9. The molecule has 0 radical (unpaired) electrons. The molecule has 0 saturated carbocycles. The van der Waals surface area contributed by atoms with Gasteiger partial charge in [0.25, 0.3) is 0 Å². The fourth-order valence-electron chi connectivity index (χ4n) is 2.17. The Hall–Kier alpha value is -2.14. The van der Waals surface area contributed by atoms with E-state index in [-0.39, 0.29) is 5.92 Å². The molecule has 0 aliphatic heterocycles. The highest BCUT2D eigenvalue weighted by molar-refractivity contribution is 5.69. The van der Waals surface area contributed by atoms with Crippen molar-refractivity contribution in [3.63, 3.8) is 0 Å². The number of nitrogens with zero attached hydrogens (tertiary/aromatic N) is 3. The van der Waals surface area contributed by atoms with E-state index < -0.39 is 5.97 Å². The Kier molecular flexibility index (Phi) is 5.11. The highest BCUT2D eigenvalue weighted by atomic mass is 16.4. The first-order valence-corrected chi connectivity index (χ1v) is 7.15. The summed E-state index contributed by atoms with van der Waals surface area (Å²) in [4.78, 5) is 13.0. The zero-order chi connectivity index (χ0) is 15.2. The average Bonchev–Trinajstić information content (AvgIpc) is 2.95. The fraction of sp³-hybridized carbons (Fsp3) is 0.375. The molecule has 0 fully saturated rings. The van der Waals surface area contributed by atoms with Crippen LogP contribution in [-0.4, -0.2) is 38.8 Å². The molecule has 0 bridgehead atoms. The molecule has 21 heavy (non-hydrogen) atoms. The van der Waals surface area contributed by atoms with Gasteiger partial charge in [0.15, 0.2) is 0 Å². The lowest BCUT2D eigenvalue weighted by Crippen LogP contribution is -2.31. The van der Waals surface area contributed by atoms with Crippen LogP contribution in [0.4, 0.5) is 0 Å². The molecule has 0 aliphatic carbocycles. The molecule has 0 spiro atoms. The zero-order valence-electron chi connectivity index (χ0n) is 12.4. The molecule has 1 unspecified atom stereocenters. The van der Waals surface area contributed by atoms with Crippen LogP contribution < -0.4 is 0 Å². The van der Waals surface area contributed by atoms with Crippen molar-refractivity contribution in [2.45, 2.75) is 20.4 Å². The van der Waals surface area contributed by atoms with E-state index in [0.29, 0.717) is 13.1 Å². The summed E-state index contributed by atoms with van der Waals surface area (Å²) < 4.78 is 1.84. The van der Waals surface area contributed by atoms with E-state index in [1.165, 1.54) is 0 Å². The Labute approximate surface area is 124 Å². The van der Waals surface area contributed by atoms with Gasteiger partial charge in [0, 0.05) is 19.3 Å². The summed E-state index contributed by atoms with van der Waals surface area (Å²) >= 11 is 0. The molecule has 5 heteroatoms. The molecule has 2 rings (SSSR count). The second-order valence-corrected chi connectivity index (χ2v) is 5.15. The number of carbonyl (C=O) groups is 1. The van der Waals surface area contributed by atoms with E-state index in [4.69, 9.17) is 5.11 Å². The molecule has 1 aromatic heterocycles. The predicted octanol–water partition coefficient (Wildman–Crippen LogP) is 2.41. The van der Waals surface area contributed by atoms with Crippen LogP contribution in [0.2, 0.25) is 0 Å². The minimum Gasteiger partial charge on any atom is -0.481 e. The molecule has 0 aliphatic rings. The minimum atomic E-state index is -0.761. The van der Waals surface area contributed by atoms with E-state index in [1.807, 2.05) is 54.2 Å². The highest BCUT2D eigenvalue weighted by Crippen LogP contribution is 2.10. The molecular formula is C16H21N3O2. The Bertz CT molecular complexity index is 580. The average molecular weight is 287 g/mol. The number of carboxylic acids is 1. The van der Waals surface area contributed by atoms with Gasteiger partial charge in [-0.15, -0.1) is 0 Å². The third-order valence-corrected chi connectivity index (χ3v) is 3.45. The maximum absolute atomic E-state index is 10.9. The van der Waals surface area contributed by atoms with E-state index in [0.717, 1.165) is 17.9 Å².